The van der Waals surface area contributed by atoms with Gasteiger partial charge in [0.1, 0.15) is 17.3 Å². The molecule has 2 aromatic carbocycles. The predicted molar refractivity (Wildman–Crippen MR) is 131 cm³/mol. The van der Waals surface area contributed by atoms with E-state index in [0.29, 0.717) is 28.9 Å². The number of amidine groups is 1. The average molecular weight is 429 g/mol. The number of nitrogen functional groups attached to an aromatic ring is 1. The van der Waals surface area contributed by atoms with Gasteiger partial charge in [-0.05, 0) is 80.1 Å². The van der Waals surface area contributed by atoms with Crippen molar-refractivity contribution in [2.45, 2.75) is 33.2 Å². The Bertz CT molecular complexity index is 1240. The largest absolute Gasteiger partial charge is 0.457 e. The number of nitrogens with zero attached hydrogens (tertiary/aromatic N) is 2. The first-order chi connectivity index (χ1) is 15.4. The van der Waals surface area contributed by atoms with Gasteiger partial charge in [-0.3, -0.25) is 4.79 Å². The number of nitrogens with two attached hydrogens (primary N) is 1. The van der Waals surface area contributed by atoms with Crippen LogP contribution in [0.3, 0.4) is 0 Å². The van der Waals surface area contributed by atoms with E-state index in [4.69, 9.17) is 10.5 Å². The first kappa shape index (κ1) is 21.4. The lowest BCUT2D eigenvalue weighted by Gasteiger charge is -2.15. The summed E-state index contributed by atoms with van der Waals surface area (Å²) in [7, 11) is 0. The van der Waals surface area contributed by atoms with Crippen molar-refractivity contribution >= 4 is 17.2 Å². The van der Waals surface area contributed by atoms with Crippen LogP contribution in [0.4, 0.5) is 11.4 Å². The summed E-state index contributed by atoms with van der Waals surface area (Å²) >= 11 is 0. The third-order valence-corrected chi connectivity index (χ3v) is 5.52. The summed E-state index contributed by atoms with van der Waals surface area (Å²) in [5, 5.41) is 3.35. The van der Waals surface area contributed by atoms with Crippen LogP contribution in [0, 0.1) is 19.8 Å². The predicted octanol–water partition coefficient (Wildman–Crippen LogP) is 5.25. The molecule has 3 aromatic rings. The molecule has 0 atom stereocenters. The van der Waals surface area contributed by atoms with E-state index >= 15 is 0 Å². The molecule has 0 radical (unpaired) electrons. The van der Waals surface area contributed by atoms with Crippen molar-refractivity contribution in [2.75, 3.05) is 11.1 Å². The van der Waals surface area contributed by atoms with Gasteiger partial charge in [-0.1, -0.05) is 12.6 Å². The molecular formula is C26H28N4O2. The third-order valence-electron chi connectivity index (χ3n) is 5.52. The zero-order chi connectivity index (χ0) is 22.7. The van der Waals surface area contributed by atoms with Crippen molar-refractivity contribution in [1.29, 1.82) is 0 Å². The summed E-state index contributed by atoms with van der Waals surface area (Å²) in [6, 6.07) is 14.9. The van der Waals surface area contributed by atoms with Gasteiger partial charge in [0.15, 0.2) is 0 Å². The molecule has 164 valence electrons. The molecule has 32 heavy (non-hydrogen) atoms. The topological polar surface area (TPSA) is 81.6 Å². The fourth-order valence-corrected chi connectivity index (χ4v) is 3.54. The van der Waals surface area contributed by atoms with Crippen LogP contribution in [-0.2, 0) is 6.54 Å². The highest BCUT2D eigenvalue weighted by Crippen LogP contribution is 2.31. The second-order valence-electron chi connectivity index (χ2n) is 8.24. The molecule has 3 N–H and O–H groups in total. The molecule has 0 bridgehead atoms. The monoisotopic (exact) mass is 428 g/mol. The minimum atomic E-state index is -0.0341. The highest BCUT2D eigenvalue weighted by molar-refractivity contribution is 6.10. The van der Waals surface area contributed by atoms with Gasteiger partial charge in [-0.25, -0.2) is 4.99 Å². The quantitative estimate of drug-likeness (QED) is 0.306. The van der Waals surface area contributed by atoms with Gasteiger partial charge in [0.2, 0.25) is 0 Å². The Balaban J connectivity index is 1.52. The van der Waals surface area contributed by atoms with Gasteiger partial charge in [0.25, 0.3) is 5.56 Å². The first-order valence-electron chi connectivity index (χ1n) is 10.7. The van der Waals surface area contributed by atoms with Gasteiger partial charge in [-0.15, -0.1) is 0 Å². The molecule has 4 rings (SSSR count). The number of hydrogen-bond acceptors (Lipinski definition) is 4. The van der Waals surface area contributed by atoms with E-state index in [9.17, 15) is 4.79 Å². The second-order valence-corrected chi connectivity index (χ2v) is 8.24. The van der Waals surface area contributed by atoms with Crippen molar-refractivity contribution < 1.29 is 4.74 Å². The third kappa shape index (κ3) is 5.09. The molecule has 1 aromatic heterocycles. The Morgan fingerprint density at radius 1 is 1.19 bits per heavy atom. The minimum Gasteiger partial charge on any atom is -0.457 e. The number of aryl methyl sites for hydroxylation is 2. The van der Waals surface area contributed by atoms with Crippen LogP contribution in [0.1, 0.15) is 29.5 Å². The zero-order valence-corrected chi connectivity index (χ0v) is 18.5. The van der Waals surface area contributed by atoms with E-state index in [2.05, 4.69) is 16.9 Å². The Morgan fingerprint density at radius 2 is 2.00 bits per heavy atom. The normalized spacial score (nSPS) is 13.6. The molecule has 1 aliphatic carbocycles. The van der Waals surface area contributed by atoms with Gasteiger partial charge in [-0.2, -0.15) is 0 Å². The number of hydrogen-bond donors (Lipinski definition) is 2. The molecule has 6 heteroatoms. The number of rotatable bonds is 7. The summed E-state index contributed by atoms with van der Waals surface area (Å²) in [6.45, 7) is 8.49. The lowest BCUT2D eigenvalue weighted by molar-refractivity contribution is 0.473. The van der Waals surface area contributed by atoms with E-state index < -0.39 is 0 Å². The van der Waals surface area contributed by atoms with Crippen molar-refractivity contribution in [2.24, 2.45) is 10.9 Å². The summed E-state index contributed by atoms with van der Waals surface area (Å²) < 4.78 is 7.74. The SMILES string of the molecule is C=CN=C(Nc1ccc(Oc2ccn(CC3CC3)c(=O)c2)c(C)c1)c1cc(N)ccc1C. The average Bonchev–Trinajstić information content (AvgIpc) is 3.58. The zero-order valence-electron chi connectivity index (χ0n) is 18.5. The molecule has 6 nitrogen and oxygen atoms in total. The number of aliphatic imine (C=N–C) groups is 1. The number of anilines is 2. The summed E-state index contributed by atoms with van der Waals surface area (Å²) in [5.74, 6) is 2.54. The van der Waals surface area contributed by atoms with Crippen molar-refractivity contribution in [3.8, 4) is 11.5 Å². The first-order valence-corrected chi connectivity index (χ1v) is 10.7. The maximum absolute atomic E-state index is 12.3. The van der Waals surface area contributed by atoms with Crippen LogP contribution < -0.4 is 21.3 Å². The van der Waals surface area contributed by atoms with Crippen LogP contribution in [0.5, 0.6) is 11.5 Å². The molecule has 1 fully saturated rings. The van der Waals surface area contributed by atoms with E-state index in [-0.39, 0.29) is 5.56 Å². The number of pyridine rings is 1. The summed E-state index contributed by atoms with van der Waals surface area (Å²) in [5.41, 5.74) is 10.4. The second kappa shape index (κ2) is 9.14. The Hall–Kier alpha value is -3.80. The molecule has 0 unspecified atom stereocenters. The highest BCUT2D eigenvalue weighted by atomic mass is 16.5. The maximum atomic E-state index is 12.3. The van der Waals surface area contributed by atoms with E-state index in [0.717, 1.165) is 28.9 Å². The lowest BCUT2D eigenvalue weighted by atomic mass is 10.1. The standard InChI is InChI=1S/C26H28N4O2/c1-4-28-26(23-14-20(27)8-5-17(23)2)29-21-9-10-24(18(3)13-21)32-22-11-12-30(25(31)15-22)16-19-6-7-19/h4-5,8-15,19H,1,6-7,16,27H2,2-3H3,(H,28,29). The Labute approximate surface area is 188 Å². The Kier molecular flexibility index (Phi) is 6.12. The fourth-order valence-electron chi connectivity index (χ4n) is 3.54. The summed E-state index contributed by atoms with van der Waals surface area (Å²) in [4.78, 5) is 16.7. The van der Waals surface area contributed by atoms with Gasteiger partial charge < -0.3 is 20.4 Å². The van der Waals surface area contributed by atoms with E-state index in [1.807, 2.05) is 62.5 Å². The van der Waals surface area contributed by atoms with Crippen LogP contribution in [0.15, 0.2) is 77.3 Å². The summed E-state index contributed by atoms with van der Waals surface area (Å²) in [6.07, 6.45) is 5.73. The fraction of sp³-hybridized carbons (Fsp3) is 0.231. The number of aromatic nitrogens is 1. The Morgan fingerprint density at radius 3 is 2.69 bits per heavy atom. The van der Waals surface area contributed by atoms with Gasteiger partial charge in [0, 0.05) is 41.9 Å². The van der Waals surface area contributed by atoms with Crippen LogP contribution >= 0.6 is 0 Å². The molecule has 0 spiro atoms. The molecule has 0 saturated heterocycles. The highest BCUT2D eigenvalue weighted by Gasteiger charge is 2.22. The lowest BCUT2D eigenvalue weighted by Crippen LogP contribution is -2.19. The molecule has 0 aliphatic heterocycles. The van der Waals surface area contributed by atoms with Crippen molar-refractivity contribution in [3.63, 3.8) is 0 Å². The van der Waals surface area contributed by atoms with Crippen LogP contribution in [-0.4, -0.2) is 10.4 Å². The minimum absolute atomic E-state index is 0.0341. The van der Waals surface area contributed by atoms with E-state index in [1.54, 1.807) is 10.6 Å². The molecular weight excluding hydrogens is 400 g/mol. The molecule has 0 amide bonds. The number of nitrogens with one attached hydrogen (secondary N) is 1. The molecule has 1 aliphatic rings. The molecule has 1 heterocycles. The van der Waals surface area contributed by atoms with Gasteiger partial charge in [0.05, 0.1) is 0 Å². The van der Waals surface area contributed by atoms with Crippen molar-refractivity contribution in [3.05, 3.63) is 94.6 Å². The van der Waals surface area contributed by atoms with Crippen LogP contribution in [0.25, 0.3) is 0 Å². The number of ether oxygens (including phenoxy) is 1. The van der Waals surface area contributed by atoms with Crippen LogP contribution in [0.2, 0.25) is 0 Å². The van der Waals surface area contributed by atoms with Gasteiger partial charge >= 0.3 is 0 Å². The van der Waals surface area contributed by atoms with E-state index in [1.165, 1.54) is 19.0 Å². The van der Waals surface area contributed by atoms with Crippen molar-refractivity contribution in [1.82, 2.24) is 4.57 Å². The maximum Gasteiger partial charge on any atom is 0.254 e. The molecule has 1 saturated carbocycles. The smallest absolute Gasteiger partial charge is 0.254 e. The number of benzene rings is 2.